The van der Waals surface area contributed by atoms with Crippen molar-refractivity contribution in [3.8, 4) is 22.8 Å². The number of aryl methyl sites for hydroxylation is 1. The Balaban J connectivity index is 0.00000289. The molecule has 4 aromatic rings. The number of carbonyl (C=O) groups is 1. The van der Waals surface area contributed by atoms with Gasteiger partial charge in [0.15, 0.2) is 0 Å². The molecule has 2 aromatic heterocycles. The van der Waals surface area contributed by atoms with Crippen LogP contribution >= 0.6 is 12.4 Å². The Labute approximate surface area is 211 Å². The normalized spacial score (nSPS) is 13.5. The Kier molecular flexibility index (Phi) is 7.17. The number of piperazine rings is 1. The van der Waals surface area contributed by atoms with Crippen molar-refractivity contribution in [3.05, 3.63) is 72.4 Å². The summed E-state index contributed by atoms with van der Waals surface area (Å²) < 4.78 is 13.5. The molecule has 35 heavy (non-hydrogen) atoms. The van der Waals surface area contributed by atoms with E-state index in [-0.39, 0.29) is 18.3 Å². The van der Waals surface area contributed by atoms with Crippen LogP contribution in [0.3, 0.4) is 0 Å². The first-order valence-electron chi connectivity index (χ1n) is 11.4. The van der Waals surface area contributed by atoms with E-state index in [9.17, 15) is 4.79 Å². The number of nitrogens with zero attached hydrogens (tertiary/aromatic N) is 4. The lowest BCUT2D eigenvalue weighted by atomic mass is 10.0. The highest BCUT2D eigenvalue weighted by molar-refractivity contribution is 6.13. The van der Waals surface area contributed by atoms with Gasteiger partial charge < -0.3 is 23.8 Å². The number of anilines is 1. The summed E-state index contributed by atoms with van der Waals surface area (Å²) in [4.78, 5) is 22.7. The van der Waals surface area contributed by atoms with Crippen LogP contribution in [-0.4, -0.2) is 60.8 Å². The molecule has 2 aromatic carbocycles. The molecule has 0 aliphatic carbocycles. The zero-order valence-corrected chi connectivity index (χ0v) is 20.9. The van der Waals surface area contributed by atoms with Crippen LogP contribution in [-0.2, 0) is 7.05 Å². The second kappa shape index (κ2) is 10.3. The number of aromatic nitrogens is 2. The van der Waals surface area contributed by atoms with E-state index < -0.39 is 0 Å². The highest BCUT2D eigenvalue weighted by atomic mass is 35.5. The van der Waals surface area contributed by atoms with Gasteiger partial charge in [-0.05, 0) is 30.3 Å². The van der Waals surface area contributed by atoms with E-state index in [2.05, 4.69) is 14.5 Å². The van der Waals surface area contributed by atoms with Gasteiger partial charge >= 0.3 is 0 Å². The fourth-order valence-corrected chi connectivity index (χ4v) is 4.82. The molecule has 5 rings (SSSR count). The van der Waals surface area contributed by atoms with E-state index in [1.807, 2.05) is 72.6 Å². The summed E-state index contributed by atoms with van der Waals surface area (Å²) in [5.41, 5.74) is 3.24. The minimum Gasteiger partial charge on any atom is -0.496 e. The van der Waals surface area contributed by atoms with Gasteiger partial charge in [-0.15, -0.1) is 12.4 Å². The molecule has 1 amide bonds. The van der Waals surface area contributed by atoms with E-state index in [0.717, 1.165) is 41.1 Å². The van der Waals surface area contributed by atoms with E-state index in [0.29, 0.717) is 30.2 Å². The monoisotopic (exact) mass is 492 g/mol. The van der Waals surface area contributed by atoms with Crippen LogP contribution in [0.1, 0.15) is 10.4 Å². The molecule has 8 heteroatoms. The molecule has 1 fully saturated rings. The molecule has 0 unspecified atom stereocenters. The molecular formula is C27H29ClN4O3. The first kappa shape index (κ1) is 24.4. The maximum Gasteiger partial charge on any atom is 0.256 e. The molecule has 3 heterocycles. The van der Waals surface area contributed by atoms with Crippen LogP contribution in [0.15, 0.2) is 66.9 Å². The van der Waals surface area contributed by atoms with Crippen molar-refractivity contribution in [2.75, 3.05) is 45.3 Å². The average molecular weight is 493 g/mol. The Morgan fingerprint density at radius 1 is 0.857 bits per heavy atom. The fraction of sp³-hybridized carbons (Fsp3) is 0.259. The fourth-order valence-electron chi connectivity index (χ4n) is 4.82. The number of ether oxygens (including phenoxy) is 2. The van der Waals surface area contributed by atoms with Crippen LogP contribution in [0, 0.1) is 0 Å². The Hall–Kier alpha value is -3.71. The van der Waals surface area contributed by atoms with Gasteiger partial charge in [0.25, 0.3) is 5.91 Å². The number of carbonyl (C=O) groups excluding carboxylic acids is 1. The lowest BCUT2D eigenvalue weighted by molar-refractivity contribution is 0.0749. The van der Waals surface area contributed by atoms with Crippen molar-refractivity contribution < 1.29 is 14.3 Å². The van der Waals surface area contributed by atoms with E-state index in [1.54, 1.807) is 20.4 Å². The van der Waals surface area contributed by atoms with Crippen molar-refractivity contribution >= 4 is 35.0 Å². The minimum atomic E-state index is 0. The zero-order valence-electron chi connectivity index (χ0n) is 20.1. The molecule has 0 saturated carbocycles. The number of pyridine rings is 1. The van der Waals surface area contributed by atoms with Crippen LogP contribution in [0.5, 0.6) is 11.5 Å². The van der Waals surface area contributed by atoms with Crippen LogP contribution in [0.2, 0.25) is 0 Å². The molecule has 1 saturated heterocycles. The highest BCUT2D eigenvalue weighted by Crippen LogP contribution is 2.43. The van der Waals surface area contributed by atoms with Crippen molar-refractivity contribution in [2.24, 2.45) is 7.05 Å². The third-order valence-corrected chi connectivity index (χ3v) is 6.53. The standard InChI is InChI=1S/C27H28N4O3.ClH/c1-29-20-10-5-4-9-19(20)24(26(29)25-21(33-2)11-8-12-22(25)34-3)27(32)31-17-15-30(16-18-31)23-13-6-7-14-28-23;/h4-14H,15-18H2,1-3H3;1H. The lowest BCUT2D eigenvalue weighted by Gasteiger charge is -2.35. The second-order valence-corrected chi connectivity index (χ2v) is 8.30. The number of methoxy groups -OCH3 is 2. The predicted octanol–water partition coefficient (Wildman–Crippen LogP) is 4.64. The molecule has 0 atom stereocenters. The number of halogens is 1. The van der Waals surface area contributed by atoms with Crippen LogP contribution < -0.4 is 14.4 Å². The molecule has 1 aliphatic heterocycles. The molecule has 0 bridgehead atoms. The molecule has 182 valence electrons. The largest absolute Gasteiger partial charge is 0.496 e. The highest BCUT2D eigenvalue weighted by Gasteiger charge is 2.31. The summed E-state index contributed by atoms with van der Waals surface area (Å²) >= 11 is 0. The number of fused-ring (bicyclic) bond motifs is 1. The van der Waals surface area contributed by atoms with Crippen LogP contribution in [0.25, 0.3) is 22.2 Å². The summed E-state index contributed by atoms with van der Waals surface area (Å²) in [7, 11) is 5.26. The summed E-state index contributed by atoms with van der Waals surface area (Å²) in [5, 5.41) is 0.921. The first-order chi connectivity index (χ1) is 16.6. The zero-order chi connectivity index (χ0) is 23.7. The third kappa shape index (κ3) is 4.28. The van der Waals surface area contributed by atoms with Gasteiger partial charge in [0, 0.05) is 50.3 Å². The Morgan fingerprint density at radius 2 is 1.51 bits per heavy atom. The maximum absolute atomic E-state index is 14.1. The minimum absolute atomic E-state index is 0. The van der Waals surface area contributed by atoms with Crippen molar-refractivity contribution in [3.63, 3.8) is 0 Å². The number of hydrogen-bond acceptors (Lipinski definition) is 5. The quantitative estimate of drug-likeness (QED) is 0.406. The van der Waals surface area contributed by atoms with E-state index >= 15 is 0 Å². The summed E-state index contributed by atoms with van der Waals surface area (Å²) in [6, 6.07) is 19.6. The van der Waals surface area contributed by atoms with Gasteiger partial charge in [-0.25, -0.2) is 4.98 Å². The average Bonchev–Trinajstić information content (AvgIpc) is 3.20. The summed E-state index contributed by atoms with van der Waals surface area (Å²) in [6.45, 7) is 2.73. The number of para-hydroxylation sites is 1. The van der Waals surface area contributed by atoms with Crippen molar-refractivity contribution in [2.45, 2.75) is 0 Å². The smallest absolute Gasteiger partial charge is 0.256 e. The van der Waals surface area contributed by atoms with Gasteiger partial charge in [-0.2, -0.15) is 0 Å². The topological polar surface area (TPSA) is 59.8 Å². The van der Waals surface area contributed by atoms with Gasteiger partial charge in [-0.3, -0.25) is 4.79 Å². The summed E-state index contributed by atoms with van der Waals surface area (Å²) in [5.74, 6) is 2.29. The third-order valence-electron chi connectivity index (χ3n) is 6.53. The molecule has 7 nitrogen and oxygen atoms in total. The number of benzene rings is 2. The van der Waals surface area contributed by atoms with Gasteiger partial charge in [0.2, 0.25) is 0 Å². The SMILES string of the molecule is COc1cccc(OC)c1-c1c(C(=O)N2CCN(c3ccccn3)CC2)c2ccccc2n1C.Cl. The van der Waals surface area contributed by atoms with E-state index in [1.165, 1.54) is 0 Å². The van der Waals surface area contributed by atoms with Gasteiger partial charge in [0.1, 0.15) is 17.3 Å². The van der Waals surface area contributed by atoms with Crippen LogP contribution in [0.4, 0.5) is 5.82 Å². The maximum atomic E-state index is 14.1. The number of rotatable bonds is 5. The number of hydrogen-bond donors (Lipinski definition) is 0. The summed E-state index contributed by atoms with van der Waals surface area (Å²) in [6.07, 6.45) is 1.80. The molecule has 0 radical (unpaired) electrons. The molecule has 1 aliphatic rings. The van der Waals surface area contributed by atoms with Gasteiger partial charge in [0.05, 0.1) is 31.0 Å². The number of amides is 1. The Morgan fingerprint density at radius 3 is 2.14 bits per heavy atom. The molecular weight excluding hydrogens is 464 g/mol. The van der Waals surface area contributed by atoms with Gasteiger partial charge in [-0.1, -0.05) is 30.3 Å². The lowest BCUT2D eigenvalue weighted by Crippen LogP contribution is -2.49. The second-order valence-electron chi connectivity index (χ2n) is 8.30. The first-order valence-corrected chi connectivity index (χ1v) is 11.4. The molecule has 0 N–H and O–H groups in total. The Bertz CT molecular complexity index is 1310. The van der Waals surface area contributed by atoms with E-state index in [4.69, 9.17) is 9.47 Å². The molecule has 0 spiro atoms. The van der Waals surface area contributed by atoms with Crippen molar-refractivity contribution in [1.29, 1.82) is 0 Å². The van der Waals surface area contributed by atoms with Crippen molar-refractivity contribution in [1.82, 2.24) is 14.5 Å². The predicted molar refractivity (Wildman–Crippen MR) is 141 cm³/mol.